The van der Waals surface area contributed by atoms with Crippen LogP contribution in [-0.4, -0.2) is 64.2 Å². The minimum atomic E-state index is -3.45. The van der Waals surface area contributed by atoms with E-state index in [0.717, 1.165) is 45.4 Å². The molecule has 0 radical (unpaired) electrons. The van der Waals surface area contributed by atoms with Gasteiger partial charge in [-0.3, -0.25) is 9.69 Å². The number of carbonyl (C=O) groups excluding carboxylic acids is 1. The van der Waals surface area contributed by atoms with E-state index in [0.29, 0.717) is 0 Å². The summed E-state index contributed by atoms with van der Waals surface area (Å²) in [5.41, 5.74) is 2.55. The minimum Gasteiger partial charge on any atom is -0.440 e. The lowest BCUT2D eigenvalue weighted by Gasteiger charge is -2.36. The Morgan fingerprint density at radius 2 is 1.90 bits per heavy atom. The highest BCUT2D eigenvalue weighted by atomic mass is 32.2. The van der Waals surface area contributed by atoms with Gasteiger partial charge in [-0.15, -0.1) is 0 Å². The van der Waals surface area contributed by atoms with E-state index in [1.165, 1.54) is 23.4 Å². The highest BCUT2D eigenvalue weighted by molar-refractivity contribution is 7.90. The van der Waals surface area contributed by atoms with Crippen LogP contribution in [0.1, 0.15) is 29.5 Å². The van der Waals surface area contributed by atoms with Gasteiger partial charge in [-0.1, -0.05) is 12.1 Å². The van der Waals surface area contributed by atoms with Gasteiger partial charge in [0.1, 0.15) is 0 Å². The second-order valence-corrected chi connectivity index (χ2v) is 9.67. The SMILES string of the molecule is Cc1cccc(N2CCN(CCC(C)NC(=O)c3ccc(S(C)(=O)=O)o3)CC2)c1. The van der Waals surface area contributed by atoms with Crippen LogP contribution < -0.4 is 10.2 Å². The van der Waals surface area contributed by atoms with Crippen molar-refractivity contribution in [3.05, 3.63) is 47.7 Å². The van der Waals surface area contributed by atoms with Crippen molar-refractivity contribution in [2.75, 3.05) is 43.9 Å². The molecule has 1 aliphatic rings. The van der Waals surface area contributed by atoms with Crippen molar-refractivity contribution >= 4 is 21.4 Å². The summed E-state index contributed by atoms with van der Waals surface area (Å²) in [5, 5.41) is 2.68. The second kappa shape index (κ2) is 9.00. The van der Waals surface area contributed by atoms with Gasteiger partial charge in [0, 0.05) is 50.7 Å². The number of hydrogen-bond acceptors (Lipinski definition) is 6. The van der Waals surface area contributed by atoms with Gasteiger partial charge in [-0.2, -0.15) is 0 Å². The lowest BCUT2D eigenvalue weighted by Crippen LogP contribution is -2.47. The number of furan rings is 1. The van der Waals surface area contributed by atoms with E-state index in [2.05, 4.69) is 46.3 Å². The first-order valence-electron chi connectivity index (χ1n) is 9.87. The molecule has 0 spiro atoms. The van der Waals surface area contributed by atoms with Crippen LogP contribution >= 0.6 is 0 Å². The average molecular weight is 420 g/mol. The molecule has 1 amide bonds. The first kappa shape index (κ1) is 21.4. The van der Waals surface area contributed by atoms with Crippen LogP contribution in [0.4, 0.5) is 5.69 Å². The summed E-state index contributed by atoms with van der Waals surface area (Å²) in [5.74, 6) is -0.374. The van der Waals surface area contributed by atoms with E-state index in [1.807, 2.05) is 6.92 Å². The molecular weight excluding hydrogens is 390 g/mol. The van der Waals surface area contributed by atoms with Gasteiger partial charge in [0.05, 0.1) is 0 Å². The quantitative estimate of drug-likeness (QED) is 0.742. The molecule has 1 atom stereocenters. The molecule has 1 aliphatic heterocycles. The number of piperazine rings is 1. The fraction of sp³-hybridized carbons (Fsp3) is 0.476. The smallest absolute Gasteiger partial charge is 0.287 e. The third-order valence-electron chi connectivity index (χ3n) is 5.17. The summed E-state index contributed by atoms with van der Waals surface area (Å²) >= 11 is 0. The Morgan fingerprint density at radius 1 is 1.17 bits per heavy atom. The van der Waals surface area contributed by atoms with Crippen LogP contribution in [0.5, 0.6) is 0 Å². The molecule has 1 N–H and O–H groups in total. The zero-order chi connectivity index (χ0) is 21.0. The van der Waals surface area contributed by atoms with Crippen molar-refractivity contribution in [2.24, 2.45) is 0 Å². The van der Waals surface area contributed by atoms with Crippen LogP contribution in [0.25, 0.3) is 0 Å². The van der Waals surface area contributed by atoms with Crippen molar-refractivity contribution in [2.45, 2.75) is 31.4 Å². The number of carbonyl (C=O) groups is 1. The maximum atomic E-state index is 12.3. The highest BCUT2D eigenvalue weighted by Crippen LogP contribution is 2.18. The molecule has 1 aromatic heterocycles. The predicted octanol–water partition coefficient (Wildman–Crippen LogP) is 2.32. The molecule has 3 rings (SSSR count). The number of benzene rings is 1. The summed E-state index contributed by atoms with van der Waals surface area (Å²) in [4.78, 5) is 17.1. The third kappa shape index (κ3) is 5.83. The number of anilines is 1. The van der Waals surface area contributed by atoms with Crippen molar-refractivity contribution in [1.29, 1.82) is 0 Å². The molecular formula is C21H29N3O4S. The maximum Gasteiger partial charge on any atom is 0.287 e. The summed E-state index contributed by atoms with van der Waals surface area (Å²) in [6.45, 7) is 8.92. The predicted molar refractivity (Wildman–Crippen MR) is 113 cm³/mol. The Kier molecular flexibility index (Phi) is 6.64. The summed E-state index contributed by atoms with van der Waals surface area (Å²) < 4.78 is 28.1. The monoisotopic (exact) mass is 419 g/mol. The number of aryl methyl sites for hydroxylation is 1. The molecule has 0 bridgehead atoms. The maximum absolute atomic E-state index is 12.3. The fourth-order valence-corrected chi connectivity index (χ4v) is 4.00. The van der Waals surface area contributed by atoms with E-state index < -0.39 is 15.7 Å². The normalized spacial score (nSPS) is 16.6. The molecule has 0 saturated carbocycles. The Bertz CT molecular complexity index is 946. The fourth-order valence-electron chi connectivity index (χ4n) is 3.44. The molecule has 0 aliphatic carbocycles. The average Bonchev–Trinajstić information content (AvgIpc) is 3.18. The van der Waals surface area contributed by atoms with E-state index in [-0.39, 0.29) is 16.9 Å². The standard InChI is InChI=1S/C21H29N3O4S/c1-16-5-4-6-18(15-16)24-13-11-23(12-14-24)10-9-17(2)22-21(25)19-7-8-20(28-19)29(3,26)27/h4-8,15,17H,9-14H2,1-3H3,(H,22,25). The molecule has 1 saturated heterocycles. The Hall–Kier alpha value is -2.32. The molecule has 2 heterocycles. The van der Waals surface area contributed by atoms with E-state index in [1.54, 1.807) is 0 Å². The lowest BCUT2D eigenvalue weighted by atomic mass is 10.1. The number of hydrogen-bond donors (Lipinski definition) is 1. The molecule has 7 nitrogen and oxygen atoms in total. The Morgan fingerprint density at radius 3 is 2.52 bits per heavy atom. The van der Waals surface area contributed by atoms with E-state index in [9.17, 15) is 13.2 Å². The van der Waals surface area contributed by atoms with E-state index >= 15 is 0 Å². The zero-order valence-corrected chi connectivity index (χ0v) is 18.0. The van der Waals surface area contributed by atoms with Crippen LogP contribution in [0.3, 0.4) is 0 Å². The van der Waals surface area contributed by atoms with Gasteiger partial charge in [0.15, 0.2) is 5.76 Å². The lowest BCUT2D eigenvalue weighted by molar-refractivity contribution is 0.0902. The number of amides is 1. The van der Waals surface area contributed by atoms with Gasteiger partial charge < -0.3 is 14.6 Å². The topological polar surface area (TPSA) is 82.9 Å². The van der Waals surface area contributed by atoms with Gasteiger partial charge in [0.25, 0.3) is 5.91 Å². The number of rotatable bonds is 7. The second-order valence-electron chi connectivity index (χ2n) is 7.72. The molecule has 8 heteroatoms. The number of nitrogens with zero attached hydrogens (tertiary/aromatic N) is 2. The summed E-state index contributed by atoms with van der Waals surface area (Å²) in [7, 11) is -3.45. The first-order chi connectivity index (χ1) is 13.7. The molecule has 2 aromatic rings. The van der Waals surface area contributed by atoms with Crippen LogP contribution in [0.15, 0.2) is 45.9 Å². The minimum absolute atomic E-state index is 0.0176. The number of sulfone groups is 1. The number of nitrogens with one attached hydrogen (secondary N) is 1. The largest absolute Gasteiger partial charge is 0.440 e. The Labute approximate surface area is 172 Å². The van der Waals surface area contributed by atoms with Gasteiger partial charge in [-0.05, 0) is 50.1 Å². The van der Waals surface area contributed by atoms with Crippen molar-refractivity contribution in [3.8, 4) is 0 Å². The third-order valence-corrected chi connectivity index (χ3v) is 6.12. The summed E-state index contributed by atoms with van der Waals surface area (Å²) in [6.07, 6.45) is 1.87. The van der Waals surface area contributed by atoms with Gasteiger partial charge in [-0.25, -0.2) is 8.42 Å². The Balaban J connectivity index is 1.42. The van der Waals surface area contributed by atoms with E-state index in [4.69, 9.17) is 4.42 Å². The highest BCUT2D eigenvalue weighted by Gasteiger charge is 2.20. The molecule has 29 heavy (non-hydrogen) atoms. The molecule has 1 unspecified atom stereocenters. The zero-order valence-electron chi connectivity index (χ0n) is 17.2. The van der Waals surface area contributed by atoms with Crippen molar-refractivity contribution < 1.29 is 17.6 Å². The van der Waals surface area contributed by atoms with Crippen LogP contribution in [0, 0.1) is 6.92 Å². The molecule has 158 valence electrons. The van der Waals surface area contributed by atoms with Crippen LogP contribution in [0.2, 0.25) is 0 Å². The molecule has 1 aromatic carbocycles. The summed E-state index contributed by atoms with van der Waals surface area (Å²) in [6, 6.07) is 11.2. The van der Waals surface area contributed by atoms with Gasteiger partial charge >= 0.3 is 0 Å². The van der Waals surface area contributed by atoms with Crippen LogP contribution in [-0.2, 0) is 9.84 Å². The van der Waals surface area contributed by atoms with Crippen molar-refractivity contribution in [1.82, 2.24) is 10.2 Å². The van der Waals surface area contributed by atoms with Crippen molar-refractivity contribution in [3.63, 3.8) is 0 Å². The van der Waals surface area contributed by atoms with Gasteiger partial charge in [0.2, 0.25) is 14.9 Å². The first-order valence-corrected chi connectivity index (χ1v) is 11.8. The molecule has 1 fully saturated rings.